The van der Waals surface area contributed by atoms with Gasteiger partial charge in [0.05, 0.1) is 38.3 Å². The van der Waals surface area contributed by atoms with Crippen molar-refractivity contribution in [2.75, 3.05) is 32.3 Å². The van der Waals surface area contributed by atoms with Crippen LogP contribution in [0.1, 0.15) is 23.1 Å². The minimum absolute atomic E-state index is 0.0879. The third-order valence-corrected chi connectivity index (χ3v) is 7.02. The lowest BCUT2D eigenvalue weighted by atomic mass is 9.98. The summed E-state index contributed by atoms with van der Waals surface area (Å²) in [6, 6.07) is 11.3. The standard InChI is InChI=1S/C29H28F3N5O3/c1-39-12-9-23-27(21-7-10-33-34-16-21)35-37(17-18-3-5-22(40-2)6-4-18)28(23)36-11-8-20(29(36)38)13-19-14-24(30)26(32)25(31)15-19/h3-7,10,14-16,20H,8-9,11-13,17H2,1-2H3. The fraction of sp³-hybridized carbons (Fsp3) is 0.310. The van der Waals surface area contributed by atoms with Gasteiger partial charge >= 0.3 is 0 Å². The molecule has 2 aromatic carbocycles. The number of hydrogen-bond donors (Lipinski definition) is 0. The van der Waals surface area contributed by atoms with Crippen molar-refractivity contribution in [1.82, 2.24) is 20.0 Å². The first kappa shape index (κ1) is 27.3. The van der Waals surface area contributed by atoms with Crippen molar-refractivity contribution < 1.29 is 27.4 Å². The van der Waals surface area contributed by atoms with Crippen molar-refractivity contribution in [1.29, 1.82) is 0 Å². The molecule has 1 unspecified atom stereocenters. The molecule has 1 fully saturated rings. The smallest absolute Gasteiger partial charge is 0.231 e. The highest BCUT2D eigenvalue weighted by atomic mass is 19.2. The summed E-state index contributed by atoms with van der Waals surface area (Å²) >= 11 is 0. The molecule has 40 heavy (non-hydrogen) atoms. The molecule has 0 N–H and O–H groups in total. The van der Waals surface area contributed by atoms with Crippen LogP contribution in [0.2, 0.25) is 0 Å². The molecular formula is C29H28F3N5O3. The second-order valence-corrected chi connectivity index (χ2v) is 9.58. The molecule has 4 aromatic rings. The molecule has 0 saturated carbocycles. The lowest BCUT2D eigenvalue weighted by Gasteiger charge is -2.21. The van der Waals surface area contributed by atoms with Crippen molar-refractivity contribution in [2.45, 2.75) is 25.8 Å². The first-order valence-corrected chi connectivity index (χ1v) is 12.8. The van der Waals surface area contributed by atoms with Crippen LogP contribution in [-0.2, 0) is 28.9 Å². The van der Waals surface area contributed by atoms with E-state index in [4.69, 9.17) is 14.6 Å². The Labute approximate surface area is 229 Å². The van der Waals surface area contributed by atoms with Gasteiger partial charge < -0.3 is 9.47 Å². The van der Waals surface area contributed by atoms with Gasteiger partial charge in [-0.05, 0) is 54.3 Å². The van der Waals surface area contributed by atoms with Gasteiger partial charge in [0.1, 0.15) is 11.6 Å². The number of methoxy groups -OCH3 is 2. The van der Waals surface area contributed by atoms with Crippen molar-refractivity contribution in [3.05, 3.63) is 89.0 Å². The van der Waals surface area contributed by atoms with Crippen LogP contribution >= 0.6 is 0 Å². The quantitative estimate of drug-likeness (QED) is 0.268. The number of nitrogens with zero attached hydrogens (tertiary/aromatic N) is 5. The molecule has 1 amide bonds. The third-order valence-electron chi connectivity index (χ3n) is 7.02. The molecule has 1 saturated heterocycles. The van der Waals surface area contributed by atoms with E-state index >= 15 is 0 Å². The Kier molecular flexibility index (Phi) is 8.11. The molecule has 0 radical (unpaired) electrons. The fourth-order valence-electron chi connectivity index (χ4n) is 5.05. The average Bonchev–Trinajstić information content (AvgIpc) is 3.50. The van der Waals surface area contributed by atoms with Crippen molar-refractivity contribution >= 4 is 11.7 Å². The maximum Gasteiger partial charge on any atom is 0.231 e. The molecule has 0 bridgehead atoms. The summed E-state index contributed by atoms with van der Waals surface area (Å²) < 4.78 is 53.6. The maximum absolute atomic E-state index is 13.8. The van der Waals surface area contributed by atoms with E-state index in [0.29, 0.717) is 44.0 Å². The average molecular weight is 552 g/mol. The monoisotopic (exact) mass is 551 g/mol. The largest absolute Gasteiger partial charge is 0.497 e. The van der Waals surface area contributed by atoms with Crippen LogP contribution < -0.4 is 9.64 Å². The first-order valence-electron chi connectivity index (χ1n) is 12.8. The number of carbonyl (C=O) groups is 1. The van der Waals surface area contributed by atoms with Crippen LogP contribution in [0.5, 0.6) is 5.75 Å². The van der Waals surface area contributed by atoms with Crippen LogP contribution in [0.3, 0.4) is 0 Å². The number of rotatable bonds is 10. The minimum atomic E-state index is -1.52. The van der Waals surface area contributed by atoms with Crippen molar-refractivity contribution in [2.24, 2.45) is 5.92 Å². The maximum atomic E-state index is 13.8. The first-order chi connectivity index (χ1) is 19.4. The number of amides is 1. The zero-order chi connectivity index (χ0) is 28.2. The van der Waals surface area contributed by atoms with E-state index in [0.717, 1.165) is 34.6 Å². The van der Waals surface area contributed by atoms with Gasteiger partial charge in [-0.15, -0.1) is 0 Å². The van der Waals surface area contributed by atoms with Crippen LogP contribution in [0, 0.1) is 23.4 Å². The molecule has 1 atom stereocenters. The summed E-state index contributed by atoms with van der Waals surface area (Å²) in [6.07, 6.45) is 4.23. The van der Waals surface area contributed by atoms with Gasteiger partial charge in [0, 0.05) is 37.1 Å². The number of hydrogen-bond acceptors (Lipinski definition) is 6. The molecule has 0 spiro atoms. The van der Waals surface area contributed by atoms with Crippen molar-refractivity contribution in [3.8, 4) is 17.0 Å². The summed E-state index contributed by atoms with van der Waals surface area (Å²) in [5, 5.41) is 12.8. The highest BCUT2D eigenvalue weighted by molar-refractivity contribution is 5.98. The fourth-order valence-corrected chi connectivity index (χ4v) is 5.05. The normalized spacial score (nSPS) is 15.2. The van der Waals surface area contributed by atoms with Gasteiger partial charge in [-0.1, -0.05) is 12.1 Å². The van der Waals surface area contributed by atoms with Gasteiger partial charge in [-0.25, -0.2) is 17.9 Å². The van der Waals surface area contributed by atoms with Crippen LogP contribution in [-0.4, -0.2) is 53.3 Å². The van der Waals surface area contributed by atoms with Crippen molar-refractivity contribution in [3.63, 3.8) is 0 Å². The summed E-state index contributed by atoms with van der Waals surface area (Å²) in [7, 11) is 3.20. The summed E-state index contributed by atoms with van der Waals surface area (Å²) in [6.45, 7) is 1.16. The molecule has 1 aliphatic heterocycles. The molecule has 2 aromatic heterocycles. The van der Waals surface area contributed by atoms with E-state index in [1.54, 1.807) is 42.3 Å². The van der Waals surface area contributed by atoms with E-state index < -0.39 is 23.4 Å². The molecule has 1 aliphatic rings. The Morgan fingerprint density at radius 2 is 1.75 bits per heavy atom. The molecule has 0 aliphatic carbocycles. The highest BCUT2D eigenvalue weighted by Crippen LogP contribution is 2.36. The predicted octanol–water partition coefficient (Wildman–Crippen LogP) is 4.60. The Morgan fingerprint density at radius 3 is 2.40 bits per heavy atom. The number of aromatic nitrogens is 4. The number of benzene rings is 2. The van der Waals surface area contributed by atoms with E-state index in [-0.39, 0.29) is 17.9 Å². The molecule has 208 valence electrons. The Hall–Kier alpha value is -4.25. The van der Waals surface area contributed by atoms with Gasteiger partial charge in [0.15, 0.2) is 17.5 Å². The summed E-state index contributed by atoms with van der Waals surface area (Å²) in [4.78, 5) is 15.4. The molecule has 3 heterocycles. The van der Waals surface area contributed by atoms with E-state index in [1.807, 2.05) is 24.3 Å². The molecular weight excluding hydrogens is 523 g/mol. The zero-order valence-electron chi connectivity index (χ0n) is 22.1. The topological polar surface area (TPSA) is 82.4 Å². The van der Waals surface area contributed by atoms with Crippen LogP contribution in [0.4, 0.5) is 19.0 Å². The number of anilines is 1. The second kappa shape index (κ2) is 11.9. The molecule has 8 nitrogen and oxygen atoms in total. The van der Waals surface area contributed by atoms with E-state index in [9.17, 15) is 18.0 Å². The zero-order valence-corrected chi connectivity index (χ0v) is 22.1. The number of ether oxygens (including phenoxy) is 2. The Morgan fingerprint density at radius 1 is 1.00 bits per heavy atom. The molecule has 11 heteroatoms. The van der Waals surface area contributed by atoms with Crippen LogP contribution in [0.15, 0.2) is 54.9 Å². The van der Waals surface area contributed by atoms with Gasteiger partial charge in [0.25, 0.3) is 0 Å². The SMILES string of the molecule is COCCc1c(-c2ccnnc2)nn(Cc2ccc(OC)cc2)c1N1CCC(Cc2cc(F)c(F)c(F)c2)C1=O. The van der Waals surface area contributed by atoms with Gasteiger partial charge in [0.2, 0.25) is 5.91 Å². The molecule has 5 rings (SSSR count). The Bertz CT molecular complexity index is 1470. The van der Waals surface area contributed by atoms with E-state index in [1.165, 1.54) is 0 Å². The minimum Gasteiger partial charge on any atom is -0.497 e. The number of carbonyl (C=O) groups excluding carboxylic acids is 1. The predicted molar refractivity (Wildman–Crippen MR) is 141 cm³/mol. The lowest BCUT2D eigenvalue weighted by Crippen LogP contribution is -2.31. The van der Waals surface area contributed by atoms with Gasteiger partial charge in [-0.3, -0.25) is 9.69 Å². The summed E-state index contributed by atoms with van der Waals surface area (Å²) in [5.41, 5.74) is 3.40. The lowest BCUT2D eigenvalue weighted by molar-refractivity contribution is -0.120. The third kappa shape index (κ3) is 5.55. The number of halogens is 3. The Balaban J connectivity index is 1.54. The van der Waals surface area contributed by atoms with E-state index in [2.05, 4.69) is 10.2 Å². The highest BCUT2D eigenvalue weighted by Gasteiger charge is 2.37. The van der Waals surface area contributed by atoms with Crippen LogP contribution in [0.25, 0.3) is 11.3 Å². The second-order valence-electron chi connectivity index (χ2n) is 9.58. The van der Waals surface area contributed by atoms with Gasteiger partial charge in [-0.2, -0.15) is 15.3 Å². The summed E-state index contributed by atoms with van der Waals surface area (Å²) in [5.74, 6) is -3.44.